The van der Waals surface area contributed by atoms with E-state index in [4.69, 9.17) is 4.74 Å². The predicted molar refractivity (Wildman–Crippen MR) is 111 cm³/mol. The van der Waals surface area contributed by atoms with Gasteiger partial charge in [-0.15, -0.1) is 0 Å². The molecule has 0 spiro atoms. The number of amides is 3. The van der Waals surface area contributed by atoms with Crippen molar-refractivity contribution < 1.29 is 23.9 Å². The molecular formula is C23H24N2O5. The van der Waals surface area contributed by atoms with Gasteiger partial charge in [0.05, 0.1) is 11.1 Å². The second-order valence-corrected chi connectivity index (χ2v) is 7.64. The minimum Gasteiger partial charge on any atom is -0.454 e. The molecule has 0 saturated heterocycles. The molecule has 2 aromatic rings. The minimum absolute atomic E-state index is 0.0210. The smallest absolute Gasteiger partial charge is 0.329 e. The summed E-state index contributed by atoms with van der Waals surface area (Å²) in [7, 11) is 0. The average molecular weight is 408 g/mol. The number of para-hydroxylation sites is 1. The third-order valence-corrected chi connectivity index (χ3v) is 4.87. The van der Waals surface area contributed by atoms with E-state index in [1.807, 2.05) is 32.9 Å². The van der Waals surface area contributed by atoms with Gasteiger partial charge in [0.25, 0.3) is 17.7 Å². The predicted octanol–water partition coefficient (Wildman–Crippen LogP) is 3.19. The molecule has 0 fully saturated rings. The molecule has 7 nitrogen and oxygen atoms in total. The van der Waals surface area contributed by atoms with E-state index in [2.05, 4.69) is 5.32 Å². The summed E-state index contributed by atoms with van der Waals surface area (Å²) in [6.07, 6.45) is 0.240. The number of imide groups is 1. The molecule has 0 saturated carbocycles. The number of fused-ring (bicyclic) bond motifs is 1. The highest BCUT2D eigenvalue weighted by atomic mass is 16.5. The molecule has 1 aliphatic heterocycles. The third kappa shape index (κ3) is 4.40. The van der Waals surface area contributed by atoms with Crippen molar-refractivity contribution in [3.05, 3.63) is 65.2 Å². The average Bonchev–Trinajstić information content (AvgIpc) is 2.97. The first-order valence-electron chi connectivity index (χ1n) is 9.78. The van der Waals surface area contributed by atoms with Crippen LogP contribution in [0.3, 0.4) is 0 Å². The number of carbonyl (C=O) groups is 4. The number of nitrogens with one attached hydrogen (secondary N) is 1. The Morgan fingerprint density at radius 1 is 0.967 bits per heavy atom. The summed E-state index contributed by atoms with van der Waals surface area (Å²) in [4.78, 5) is 51.5. The molecule has 2 aromatic carbocycles. The zero-order valence-electron chi connectivity index (χ0n) is 17.2. The zero-order chi connectivity index (χ0) is 21.8. The molecule has 156 valence electrons. The first-order chi connectivity index (χ1) is 14.3. The number of ether oxygens (including phenoxy) is 1. The molecule has 1 N–H and O–H groups in total. The fourth-order valence-corrected chi connectivity index (χ4v) is 3.38. The van der Waals surface area contributed by atoms with Gasteiger partial charge in [0.2, 0.25) is 0 Å². The number of hydrogen-bond acceptors (Lipinski definition) is 5. The Labute approximate surface area is 175 Å². The van der Waals surface area contributed by atoms with Gasteiger partial charge in [-0.3, -0.25) is 19.3 Å². The number of benzene rings is 2. The maximum Gasteiger partial charge on any atom is 0.329 e. The number of aryl methyl sites for hydroxylation is 1. The third-order valence-electron chi connectivity index (χ3n) is 4.87. The minimum atomic E-state index is -1.09. The maximum absolute atomic E-state index is 12.8. The first kappa shape index (κ1) is 21.2. The number of nitrogens with zero attached hydrogens (tertiary/aromatic N) is 1. The molecule has 0 unspecified atom stereocenters. The van der Waals surface area contributed by atoms with Gasteiger partial charge < -0.3 is 10.1 Å². The van der Waals surface area contributed by atoms with Gasteiger partial charge >= 0.3 is 5.97 Å². The van der Waals surface area contributed by atoms with Crippen molar-refractivity contribution in [3.63, 3.8) is 0 Å². The van der Waals surface area contributed by atoms with Gasteiger partial charge in [-0.05, 0) is 43.0 Å². The molecular weight excluding hydrogens is 384 g/mol. The summed E-state index contributed by atoms with van der Waals surface area (Å²) in [5.41, 5.74) is 2.03. The molecule has 1 aliphatic rings. The van der Waals surface area contributed by atoms with E-state index in [9.17, 15) is 19.2 Å². The fourth-order valence-electron chi connectivity index (χ4n) is 3.38. The van der Waals surface area contributed by atoms with E-state index in [1.165, 1.54) is 0 Å². The Bertz CT molecular complexity index is 964. The van der Waals surface area contributed by atoms with Crippen molar-refractivity contribution >= 4 is 29.4 Å². The van der Waals surface area contributed by atoms with Crippen molar-refractivity contribution in [3.8, 4) is 0 Å². The molecule has 1 atom stereocenters. The van der Waals surface area contributed by atoms with E-state index in [0.717, 1.165) is 10.5 Å². The van der Waals surface area contributed by atoms with E-state index < -0.39 is 36.3 Å². The molecule has 0 aliphatic carbocycles. The lowest BCUT2D eigenvalue weighted by Crippen LogP contribution is -2.46. The van der Waals surface area contributed by atoms with Crippen molar-refractivity contribution in [2.45, 2.75) is 33.2 Å². The van der Waals surface area contributed by atoms with Gasteiger partial charge in [0, 0.05) is 5.69 Å². The summed E-state index contributed by atoms with van der Waals surface area (Å²) < 4.78 is 5.19. The highest BCUT2D eigenvalue weighted by molar-refractivity contribution is 6.22. The lowest BCUT2D eigenvalue weighted by Gasteiger charge is -2.25. The van der Waals surface area contributed by atoms with E-state index in [0.29, 0.717) is 5.69 Å². The van der Waals surface area contributed by atoms with Gasteiger partial charge in [0.1, 0.15) is 6.04 Å². The highest BCUT2D eigenvalue weighted by Crippen LogP contribution is 2.27. The largest absolute Gasteiger partial charge is 0.454 e. The van der Waals surface area contributed by atoms with Crippen LogP contribution in [0, 0.1) is 12.8 Å². The summed E-state index contributed by atoms with van der Waals surface area (Å²) in [5, 5.41) is 2.68. The summed E-state index contributed by atoms with van der Waals surface area (Å²) in [5.74, 6) is -2.31. The van der Waals surface area contributed by atoms with Crippen LogP contribution in [0.4, 0.5) is 5.69 Å². The Kier molecular flexibility index (Phi) is 6.30. The fraction of sp³-hybridized carbons (Fsp3) is 0.304. The van der Waals surface area contributed by atoms with Crippen LogP contribution in [0.5, 0.6) is 0 Å². The van der Waals surface area contributed by atoms with Crippen molar-refractivity contribution in [2.24, 2.45) is 5.92 Å². The summed E-state index contributed by atoms with van der Waals surface area (Å²) in [6, 6.07) is 12.6. The SMILES string of the molecule is Cc1ccccc1NC(=O)COC(=O)[C@H](CC(C)C)N1C(=O)c2ccccc2C1=O. The van der Waals surface area contributed by atoms with Gasteiger partial charge in [-0.1, -0.05) is 44.2 Å². The number of rotatable bonds is 7. The topological polar surface area (TPSA) is 92.8 Å². The molecule has 3 rings (SSSR count). The van der Waals surface area contributed by atoms with E-state index in [-0.39, 0.29) is 23.5 Å². The van der Waals surface area contributed by atoms with Crippen LogP contribution in [0.1, 0.15) is 46.5 Å². The van der Waals surface area contributed by atoms with Gasteiger partial charge in [-0.2, -0.15) is 0 Å². The molecule has 7 heteroatoms. The van der Waals surface area contributed by atoms with Crippen LogP contribution in [0.25, 0.3) is 0 Å². The van der Waals surface area contributed by atoms with Crippen molar-refractivity contribution in [2.75, 3.05) is 11.9 Å². The Morgan fingerprint density at radius 3 is 2.10 bits per heavy atom. The van der Waals surface area contributed by atoms with Gasteiger partial charge in [-0.25, -0.2) is 4.79 Å². The number of esters is 1. The second kappa shape index (κ2) is 8.90. The first-order valence-corrected chi connectivity index (χ1v) is 9.78. The van der Waals surface area contributed by atoms with Crippen LogP contribution in [-0.2, 0) is 14.3 Å². The molecule has 0 aromatic heterocycles. The van der Waals surface area contributed by atoms with Crippen LogP contribution in [-0.4, -0.2) is 41.2 Å². The number of hydrogen-bond donors (Lipinski definition) is 1. The quantitative estimate of drug-likeness (QED) is 0.561. The van der Waals surface area contributed by atoms with Crippen LogP contribution in [0.2, 0.25) is 0 Å². The van der Waals surface area contributed by atoms with Crippen LogP contribution >= 0.6 is 0 Å². The zero-order valence-corrected chi connectivity index (χ0v) is 17.2. The molecule has 0 bridgehead atoms. The lowest BCUT2D eigenvalue weighted by atomic mass is 10.0. The molecule has 1 heterocycles. The molecule has 30 heavy (non-hydrogen) atoms. The van der Waals surface area contributed by atoms with E-state index in [1.54, 1.807) is 36.4 Å². The number of carbonyl (C=O) groups excluding carboxylic acids is 4. The Balaban J connectivity index is 1.71. The lowest BCUT2D eigenvalue weighted by molar-refractivity contribution is -0.151. The van der Waals surface area contributed by atoms with Crippen LogP contribution in [0.15, 0.2) is 48.5 Å². The molecule has 0 radical (unpaired) electrons. The van der Waals surface area contributed by atoms with Crippen LogP contribution < -0.4 is 5.32 Å². The monoisotopic (exact) mass is 408 g/mol. The number of anilines is 1. The van der Waals surface area contributed by atoms with Crippen molar-refractivity contribution in [1.82, 2.24) is 4.90 Å². The van der Waals surface area contributed by atoms with Gasteiger partial charge in [0.15, 0.2) is 6.61 Å². The Hall–Kier alpha value is -3.48. The highest BCUT2D eigenvalue weighted by Gasteiger charge is 2.43. The Morgan fingerprint density at radius 2 is 1.53 bits per heavy atom. The second-order valence-electron chi connectivity index (χ2n) is 7.64. The summed E-state index contributed by atoms with van der Waals surface area (Å²) in [6.45, 7) is 5.10. The standard InChI is InChI=1S/C23H24N2O5/c1-14(2)12-19(25-21(27)16-9-5-6-10-17(16)22(25)28)23(29)30-13-20(26)24-18-11-7-4-8-15(18)3/h4-11,14,19H,12-13H2,1-3H3,(H,24,26)/t19-/m0/s1. The summed E-state index contributed by atoms with van der Waals surface area (Å²) >= 11 is 0. The normalized spacial score (nSPS) is 13.9. The molecule has 3 amide bonds. The van der Waals surface area contributed by atoms with Crippen molar-refractivity contribution in [1.29, 1.82) is 0 Å². The maximum atomic E-state index is 12.8. The van der Waals surface area contributed by atoms with E-state index >= 15 is 0 Å².